The van der Waals surface area contributed by atoms with Crippen LogP contribution in [0.15, 0.2) is 73.2 Å². The number of nitrogens with zero attached hydrogens (tertiary/aromatic N) is 4. The number of amides is 1. The number of benzene rings is 2. The number of aromatic nitrogens is 4. The summed E-state index contributed by atoms with van der Waals surface area (Å²) in [6.07, 6.45) is 1.71. The third kappa shape index (κ3) is 3.33. The molecule has 1 amide bonds. The number of nitrogens with one attached hydrogen (secondary N) is 2. The number of aliphatic hydroxyl groups excluding tert-OH is 1. The van der Waals surface area contributed by atoms with Crippen LogP contribution < -0.4 is 10.9 Å². The van der Waals surface area contributed by atoms with E-state index in [1.165, 1.54) is 6.33 Å². The molecule has 1 unspecified atom stereocenters. The van der Waals surface area contributed by atoms with E-state index in [-0.39, 0.29) is 0 Å². The van der Waals surface area contributed by atoms with E-state index in [4.69, 9.17) is 0 Å². The normalized spacial score (nSPS) is 11.9. The van der Waals surface area contributed by atoms with Crippen LogP contribution in [0, 0.1) is 0 Å². The topological polar surface area (TPSA) is 105 Å². The molecule has 27 heavy (non-hydrogen) atoms. The summed E-state index contributed by atoms with van der Waals surface area (Å²) < 4.78 is 1.68. The fourth-order valence-electron chi connectivity index (χ4n) is 2.68. The van der Waals surface area contributed by atoms with E-state index < -0.39 is 12.0 Å². The Morgan fingerprint density at radius 3 is 2.44 bits per heavy atom. The molecule has 2 heterocycles. The second-order valence-corrected chi connectivity index (χ2v) is 5.78. The highest BCUT2D eigenvalue weighted by Crippen LogP contribution is 2.21. The van der Waals surface area contributed by atoms with E-state index in [1.807, 2.05) is 36.4 Å². The van der Waals surface area contributed by atoms with E-state index in [9.17, 15) is 9.90 Å². The van der Waals surface area contributed by atoms with Crippen molar-refractivity contribution in [2.24, 2.45) is 0 Å². The van der Waals surface area contributed by atoms with E-state index >= 15 is 0 Å². The second kappa shape index (κ2) is 7.22. The predicted molar refractivity (Wildman–Crippen MR) is 99.8 cm³/mol. The second-order valence-electron chi connectivity index (χ2n) is 5.78. The lowest BCUT2D eigenvalue weighted by atomic mass is 10.1. The monoisotopic (exact) mass is 360 g/mol. The lowest BCUT2D eigenvalue weighted by Crippen LogP contribution is -2.34. The van der Waals surface area contributed by atoms with Gasteiger partial charge in [0.2, 0.25) is 0 Å². The summed E-state index contributed by atoms with van der Waals surface area (Å²) in [5, 5.41) is 15.1. The third-order valence-corrected chi connectivity index (χ3v) is 4.03. The molecule has 0 saturated carbocycles. The Morgan fingerprint density at radius 2 is 1.70 bits per heavy atom. The van der Waals surface area contributed by atoms with Crippen LogP contribution >= 0.6 is 0 Å². The minimum Gasteiger partial charge on any atom is -0.378 e. The van der Waals surface area contributed by atoms with Crippen molar-refractivity contribution < 1.29 is 9.90 Å². The van der Waals surface area contributed by atoms with Gasteiger partial charge in [0, 0.05) is 0 Å². The molecule has 0 spiro atoms. The lowest BCUT2D eigenvalue weighted by Gasteiger charge is -2.13. The SMILES string of the molecule is O=C(NNc1ncnc2c1cnn2-c1ccccc1)C(O)c1ccccc1. The minimum absolute atomic E-state index is 0.385. The molecular formula is C19H16N6O2. The first kappa shape index (κ1) is 16.7. The Kier molecular flexibility index (Phi) is 4.46. The van der Waals surface area contributed by atoms with Crippen LogP contribution in [0.2, 0.25) is 0 Å². The van der Waals surface area contributed by atoms with Gasteiger partial charge in [0.05, 0.1) is 17.3 Å². The van der Waals surface area contributed by atoms with Crippen LogP contribution in [0.5, 0.6) is 0 Å². The Bertz CT molecular complexity index is 1070. The molecule has 0 aliphatic heterocycles. The molecular weight excluding hydrogens is 344 g/mol. The minimum atomic E-state index is -1.29. The van der Waals surface area contributed by atoms with Gasteiger partial charge in [0.1, 0.15) is 6.33 Å². The van der Waals surface area contributed by atoms with Crippen LogP contribution in [0.4, 0.5) is 5.82 Å². The molecule has 1 atom stereocenters. The number of hydrazine groups is 1. The van der Waals surface area contributed by atoms with Crippen molar-refractivity contribution in [2.45, 2.75) is 6.10 Å². The summed E-state index contributed by atoms with van der Waals surface area (Å²) in [6.45, 7) is 0. The number of hydrogen-bond donors (Lipinski definition) is 3. The molecule has 0 bridgehead atoms. The number of anilines is 1. The van der Waals surface area contributed by atoms with Crippen LogP contribution in [-0.4, -0.2) is 30.8 Å². The predicted octanol–water partition coefficient (Wildman–Crippen LogP) is 1.99. The third-order valence-electron chi connectivity index (χ3n) is 4.03. The Morgan fingerprint density at radius 1 is 1.00 bits per heavy atom. The Labute approximate surface area is 154 Å². The van der Waals surface area contributed by atoms with Crippen molar-refractivity contribution in [3.8, 4) is 5.69 Å². The van der Waals surface area contributed by atoms with E-state index in [2.05, 4.69) is 25.9 Å². The number of para-hydroxylation sites is 1. The van der Waals surface area contributed by atoms with Crippen LogP contribution in [-0.2, 0) is 4.79 Å². The summed E-state index contributed by atoms with van der Waals surface area (Å²) >= 11 is 0. The zero-order valence-electron chi connectivity index (χ0n) is 14.1. The van der Waals surface area contributed by atoms with Crippen molar-refractivity contribution in [1.82, 2.24) is 25.2 Å². The van der Waals surface area contributed by atoms with Crippen molar-refractivity contribution in [2.75, 3.05) is 5.43 Å². The van der Waals surface area contributed by atoms with E-state index in [0.717, 1.165) is 5.69 Å². The molecule has 3 N–H and O–H groups in total. The summed E-state index contributed by atoms with van der Waals surface area (Å²) in [4.78, 5) is 20.6. The number of carbonyl (C=O) groups is 1. The van der Waals surface area contributed by atoms with Gasteiger partial charge in [-0.1, -0.05) is 48.5 Å². The van der Waals surface area contributed by atoms with Gasteiger partial charge in [-0.3, -0.25) is 15.6 Å². The number of hydrogen-bond acceptors (Lipinski definition) is 6. The largest absolute Gasteiger partial charge is 0.378 e. The summed E-state index contributed by atoms with van der Waals surface area (Å²) in [5.41, 5.74) is 7.17. The molecule has 0 fully saturated rings. The highest BCUT2D eigenvalue weighted by molar-refractivity contribution is 5.89. The lowest BCUT2D eigenvalue weighted by molar-refractivity contribution is -0.129. The van der Waals surface area contributed by atoms with Crippen molar-refractivity contribution in [1.29, 1.82) is 0 Å². The van der Waals surface area contributed by atoms with Crippen LogP contribution in [0.3, 0.4) is 0 Å². The first-order valence-corrected chi connectivity index (χ1v) is 8.27. The zero-order chi connectivity index (χ0) is 18.6. The molecule has 4 rings (SSSR count). The number of carbonyl (C=O) groups excluding carboxylic acids is 1. The van der Waals surface area contributed by atoms with Crippen LogP contribution in [0.25, 0.3) is 16.7 Å². The van der Waals surface area contributed by atoms with Crippen molar-refractivity contribution in [3.63, 3.8) is 0 Å². The molecule has 8 heteroatoms. The van der Waals surface area contributed by atoms with Gasteiger partial charge in [-0.05, 0) is 17.7 Å². The maximum atomic E-state index is 12.2. The quantitative estimate of drug-likeness (QED) is 0.470. The average Bonchev–Trinajstić information content (AvgIpc) is 3.17. The molecule has 0 radical (unpaired) electrons. The molecule has 4 aromatic rings. The molecule has 0 aliphatic rings. The van der Waals surface area contributed by atoms with E-state index in [1.54, 1.807) is 35.1 Å². The standard InChI is InChI=1S/C19H16N6O2/c26-16(13-7-3-1-4-8-13)19(27)24-23-17-15-11-22-25(18(15)21-12-20-17)14-9-5-2-6-10-14/h1-12,16,26H,(H,24,27)(H,20,21,23). The Hall–Kier alpha value is -3.78. The van der Waals surface area contributed by atoms with Gasteiger partial charge >= 0.3 is 0 Å². The van der Waals surface area contributed by atoms with Gasteiger partial charge in [0.25, 0.3) is 5.91 Å². The maximum Gasteiger partial charge on any atom is 0.271 e. The van der Waals surface area contributed by atoms with Crippen molar-refractivity contribution >= 4 is 22.8 Å². The molecule has 8 nitrogen and oxygen atoms in total. The van der Waals surface area contributed by atoms with Gasteiger partial charge in [-0.15, -0.1) is 0 Å². The maximum absolute atomic E-state index is 12.2. The summed E-state index contributed by atoms with van der Waals surface area (Å²) in [5.74, 6) is -0.209. The Balaban J connectivity index is 1.55. The highest BCUT2D eigenvalue weighted by Gasteiger charge is 2.18. The summed E-state index contributed by atoms with van der Waals surface area (Å²) in [6, 6.07) is 18.3. The summed E-state index contributed by atoms with van der Waals surface area (Å²) in [7, 11) is 0. The number of aliphatic hydroxyl groups is 1. The fourth-order valence-corrected chi connectivity index (χ4v) is 2.68. The zero-order valence-corrected chi connectivity index (χ0v) is 14.1. The van der Waals surface area contributed by atoms with Gasteiger partial charge in [-0.25, -0.2) is 14.6 Å². The smallest absolute Gasteiger partial charge is 0.271 e. The fraction of sp³-hybridized carbons (Fsp3) is 0.0526. The average molecular weight is 360 g/mol. The van der Waals surface area contributed by atoms with E-state index in [0.29, 0.717) is 22.4 Å². The van der Waals surface area contributed by atoms with Gasteiger partial charge in [-0.2, -0.15) is 5.10 Å². The first-order chi connectivity index (χ1) is 13.2. The molecule has 2 aromatic carbocycles. The molecule has 0 saturated heterocycles. The molecule has 0 aliphatic carbocycles. The number of rotatable bonds is 5. The first-order valence-electron chi connectivity index (χ1n) is 8.27. The van der Waals surface area contributed by atoms with Crippen LogP contribution in [0.1, 0.15) is 11.7 Å². The highest BCUT2D eigenvalue weighted by atomic mass is 16.3. The van der Waals surface area contributed by atoms with Gasteiger partial charge in [0.15, 0.2) is 17.6 Å². The number of fused-ring (bicyclic) bond motifs is 1. The molecule has 134 valence electrons. The van der Waals surface area contributed by atoms with Gasteiger partial charge < -0.3 is 5.11 Å². The molecule has 2 aromatic heterocycles. The van der Waals surface area contributed by atoms with Crippen molar-refractivity contribution in [3.05, 3.63) is 78.8 Å².